The Labute approximate surface area is 106 Å². The molecular weight excluding hydrogens is 236 g/mol. The maximum absolute atomic E-state index is 11.9. The van der Waals surface area contributed by atoms with Crippen LogP contribution in [0.2, 0.25) is 0 Å². The van der Waals surface area contributed by atoms with Gasteiger partial charge in [0.2, 0.25) is 0 Å². The molecule has 4 nitrogen and oxygen atoms in total. The topological polar surface area (TPSA) is 64.3 Å². The van der Waals surface area contributed by atoms with Gasteiger partial charge in [-0.25, -0.2) is 0 Å². The lowest BCUT2D eigenvalue weighted by molar-refractivity contribution is 0.0937. The second kappa shape index (κ2) is 6.61. The fourth-order valence-electron chi connectivity index (χ4n) is 1.58. The van der Waals surface area contributed by atoms with Gasteiger partial charge in [0, 0.05) is 24.0 Å². The van der Waals surface area contributed by atoms with E-state index in [1.807, 2.05) is 5.38 Å². The highest BCUT2D eigenvalue weighted by Gasteiger charge is 2.15. The van der Waals surface area contributed by atoms with Crippen molar-refractivity contribution in [2.45, 2.75) is 26.3 Å². The highest BCUT2D eigenvalue weighted by Crippen LogP contribution is 2.21. The smallest absolute Gasteiger partial charge is 0.261 e. The van der Waals surface area contributed by atoms with E-state index >= 15 is 0 Å². The van der Waals surface area contributed by atoms with Crippen molar-refractivity contribution in [3.05, 3.63) is 16.3 Å². The third-order valence-corrected chi connectivity index (χ3v) is 3.32. The zero-order valence-corrected chi connectivity index (χ0v) is 11.3. The molecule has 1 atom stereocenters. The standard InChI is InChI=1S/C12H20N2O2S/c1-8(2)4-9(6-13)14-12(15)11-5-10(16-3)7-17-11/h5,7-9H,4,6,13H2,1-3H3,(H,14,15). The number of rotatable bonds is 6. The molecule has 1 aromatic heterocycles. The van der Waals surface area contributed by atoms with Crippen molar-refractivity contribution in [3.63, 3.8) is 0 Å². The van der Waals surface area contributed by atoms with Crippen LogP contribution in [0.5, 0.6) is 5.75 Å². The Morgan fingerprint density at radius 2 is 2.29 bits per heavy atom. The SMILES string of the molecule is COc1csc(C(=O)NC(CN)CC(C)C)c1. The van der Waals surface area contributed by atoms with E-state index in [4.69, 9.17) is 10.5 Å². The van der Waals surface area contributed by atoms with Crippen molar-refractivity contribution in [1.82, 2.24) is 5.32 Å². The van der Waals surface area contributed by atoms with E-state index in [9.17, 15) is 4.79 Å². The number of methoxy groups -OCH3 is 1. The molecular formula is C12H20N2O2S. The summed E-state index contributed by atoms with van der Waals surface area (Å²) in [5.74, 6) is 1.16. The van der Waals surface area contributed by atoms with Gasteiger partial charge in [-0.3, -0.25) is 4.79 Å². The van der Waals surface area contributed by atoms with Crippen LogP contribution in [0.3, 0.4) is 0 Å². The maximum atomic E-state index is 11.9. The van der Waals surface area contributed by atoms with Gasteiger partial charge in [-0.1, -0.05) is 13.8 Å². The lowest BCUT2D eigenvalue weighted by atomic mass is 10.0. The Kier molecular flexibility index (Phi) is 5.44. The third-order valence-electron chi connectivity index (χ3n) is 2.41. The number of thiophene rings is 1. The quantitative estimate of drug-likeness (QED) is 0.816. The summed E-state index contributed by atoms with van der Waals surface area (Å²) in [6.45, 7) is 4.69. The summed E-state index contributed by atoms with van der Waals surface area (Å²) >= 11 is 1.38. The molecule has 0 aliphatic carbocycles. The maximum Gasteiger partial charge on any atom is 0.261 e. The molecule has 0 aliphatic rings. The zero-order chi connectivity index (χ0) is 12.8. The first kappa shape index (κ1) is 14.0. The number of nitrogens with two attached hydrogens (primary N) is 1. The molecule has 0 spiro atoms. The number of amides is 1. The van der Waals surface area contributed by atoms with Crippen molar-refractivity contribution in [3.8, 4) is 5.75 Å². The van der Waals surface area contributed by atoms with Gasteiger partial charge in [0.15, 0.2) is 0 Å². The number of hydrogen-bond acceptors (Lipinski definition) is 4. The van der Waals surface area contributed by atoms with E-state index in [-0.39, 0.29) is 11.9 Å². The minimum atomic E-state index is -0.0746. The van der Waals surface area contributed by atoms with Gasteiger partial charge in [-0.05, 0) is 12.3 Å². The van der Waals surface area contributed by atoms with Crippen LogP contribution in [-0.4, -0.2) is 25.6 Å². The lowest BCUT2D eigenvalue weighted by Gasteiger charge is -2.18. The predicted octanol–water partition coefficient (Wildman–Crippen LogP) is 1.86. The minimum Gasteiger partial charge on any atom is -0.496 e. The van der Waals surface area contributed by atoms with Gasteiger partial charge in [-0.2, -0.15) is 0 Å². The van der Waals surface area contributed by atoms with Crippen LogP contribution in [-0.2, 0) is 0 Å². The summed E-state index contributed by atoms with van der Waals surface area (Å²) in [5.41, 5.74) is 5.64. The van der Waals surface area contributed by atoms with Gasteiger partial charge < -0.3 is 15.8 Å². The summed E-state index contributed by atoms with van der Waals surface area (Å²) in [6.07, 6.45) is 0.894. The van der Waals surface area contributed by atoms with Crippen LogP contribution in [0.25, 0.3) is 0 Å². The molecule has 5 heteroatoms. The average molecular weight is 256 g/mol. The molecule has 0 radical (unpaired) electrons. The Morgan fingerprint density at radius 3 is 2.76 bits per heavy atom. The highest BCUT2D eigenvalue weighted by atomic mass is 32.1. The van der Waals surface area contributed by atoms with E-state index in [1.165, 1.54) is 11.3 Å². The molecule has 0 bridgehead atoms. The Morgan fingerprint density at radius 1 is 1.59 bits per heavy atom. The van der Waals surface area contributed by atoms with E-state index < -0.39 is 0 Å². The van der Waals surface area contributed by atoms with E-state index in [0.29, 0.717) is 23.1 Å². The predicted molar refractivity (Wildman–Crippen MR) is 70.6 cm³/mol. The fourth-order valence-corrected chi connectivity index (χ4v) is 2.34. The Hall–Kier alpha value is -1.07. The molecule has 96 valence electrons. The fraction of sp³-hybridized carbons (Fsp3) is 0.583. The molecule has 1 aromatic rings. The summed E-state index contributed by atoms with van der Waals surface area (Å²) in [4.78, 5) is 12.6. The molecule has 0 aromatic carbocycles. The van der Waals surface area contributed by atoms with E-state index in [0.717, 1.165) is 6.42 Å². The van der Waals surface area contributed by atoms with Crippen molar-refractivity contribution in [2.75, 3.05) is 13.7 Å². The average Bonchev–Trinajstić information content (AvgIpc) is 2.75. The summed E-state index contributed by atoms with van der Waals surface area (Å²) in [7, 11) is 1.59. The van der Waals surface area contributed by atoms with Crippen LogP contribution in [0, 0.1) is 5.92 Å². The molecule has 0 aliphatic heterocycles. The van der Waals surface area contributed by atoms with Crippen molar-refractivity contribution >= 4 is 17.2 Å². The first-order valence-electron chi connectivity index (χ1n) is 5.70. The largest absolute Gasteiger partial charge is 0.496 e. The molecule has 17 heavy (non-hydrogen) atoms. The molecule has 0 fully saturated rings. The number of carbonyl (C=O) groups excluding carboxylic acids is 1. The van der Waals surface area contributed by atoms with Gasteiger partial charge in [0.1, 0.15) is 5.75 Å². The second-order valence-corrected chi connectivity index (χ2v) is 5.30. The normalized spacial score (nSPS) is 12.5. The number of ether oxygens (including phenoxy) is 1. The summed E-state index contributed by atoms with van der Waals surface area (Å²) in [5, 5.41) is 4.76. The Bertz CT molecular complexity index is 363. The van der Waals surface area contributed by atoms with Crippen LogP contribution < -0.4 is 15.8 Å². The van der Waals surface area contributed by atoms with E-state index in [2.05, 4.69) is 19.2 Å². The van der Waals surface area contributed by atoms with Crippen LogP contribution in [0.15, 0.2) is 11.4 Å². The van der Waals surface area contributed by atoms with Crippen molar-refractivity contribution < 1.29 is 9.53 Å². The van der Waals surface area contributed by atoms with Gasteiger partial charge in [0.05, 0.1) is 12.0 Å². The third kappa shape index (κ3) is 4.36. The summed E-state index contributed by atoms with van der Waals surface area (Å²) in [6, 6.07) is 1.78. The first-order valence-corrected chi connectivity index (χ1v) is 6.58. The molecule has 1 amide bonds. The number of nitrogens with one attached hydrogen (secondary N) is 1. The monoisotopic (exact) mass is 256 g/mol. The van der Waals surface area contributed by atoms with Crippen LogP contribution in [0.4, 0.5) is 0 Å². The van der Waals surface area contributed by atoms with Gasteiger partial charge in [-0.15, -0.1) is 11.3 Å². The molecule has 1 rings (SSSR count). The van der Waals surface area contributed by atoms with Gasteiger partial charge in [0.25, 0.3) is 5.91 Å². The highest BCUT2D eigenvalue weighted by molar-refractivity contribution is 7.12. The number of hydrogen-bond donors (Lipinski definition) is 2. The second-order valence-electron chi connectivity index (χ2n) is 4.39. The van der Waals surface area contributed by atoms with Gasteiger partial charge >= 0.3 is 0 Å². The van der Waals surface area contributed by atoms with Crippen molar-refractivity contribution in [2.24, 2.45) is 11.7 Å². The molecule has 0 saturated heterocycles. The zero-order valence-electron chi connectivity index (χ0n) is 10.5. The number of carbonyl (C=O) groups is 1. The van der Waals surface area contributed by atoms with E-state index in [1.54, 1.807) is 13.2 Å². The summed E-state index contributed by atoms with van der Waals surface area (Å²) < 4.78 is 5.05. The van der Waals surface area contributed by atoms with Crippen LogP contribution in [0.1, 0.15) is 29.9 Å². The molecule has 1 unspecified atom stereocenters. The van der Waals surface area contributed by atoms with Crippen molar-refractivity contribution in [1.29, 1.82) is 0 Å². The Balaban J connectivity index is 2.57. The van der Waals surface area contributed by atoms with Crippen LogP contribution >= 0.6 is 11.3 Å². The molecule has 3 N–H and O–H groups in total. The molecule has 0 saturated carbocycles. The first-order chi connectivity index (χ1) is 8.06. The lowest BCUT2D eigenvalue weighted by Crippen LogP contribution is -2.40. The molecule has 1 heterocycles. The minimum absolute atomic E-state index is 0.0376.